The van der Waals surface area contributed by atoms with Gasteiger partial charge in [-0.05, 0) is 28.8 Å². The van der Waals surface area contributed by atoms with E-state index in [4.69, 9.17) is 5.53 Å². The molecular weight excluding hydrogens is 212 g/mol. The molecule has 0 aliphatic carbocycles. The van der Waals surface area contributed by atoms with Crippen molar-refractivity contribution in [3.8, 4) is 0 Å². The Kier molecular flexibility index (Phi) is 3.53. The van der Waals surface area contributed by atoms with Crippen LogP contribution < -0.4 is 0 Å². The number of nitrogens with zero attached hydrogens (tertiary/aromatic N) is 4. The smallest absolute Gasteiger partial charge is 0.0375 e. The molecule has 0 amide bonds. The predicted octanol–water partition coefficient (Wildman–Crippen LogP) is 4.19. The van der Waals surface area contributed by atoms with Crippen molar-refractivity contribution in [1.29, 1.82) is 0 Å². The summed E-state index contributed by atoms with van der Waals surface area (Å²) in [6, 6.07) is 11.2. The number of aromatic nitrogens is 1. The Morgan fingerprint density at radius 1 is 0.941 bits per heavy atom. The molecule has 0 bridgehead atoms. The number of hydrogen-bond acceptors (Lipinski definition) is 2. The van der Waals surface area contributed by atoms with Crippen LogP contribution in [0.15, 0.2) is 53.9 Å². The first-order valence-electron chi connectivity index (χ1n) is 5.12. The van der Waals surface area contributed by atoms with Gasteiger partial charge in [-0.25, -0.2) is 0 Å². The van der Waals surface area contributed by atoms with E-state index in [9.17, 15) is 0 Å². The van der Waals surface area contributed by atoms with Crippen LogP contribution in [0.4, 0.5) is 5.69 Å². The fraction of sp³-hybridized carbons (Fsp3) is 0. The molecule has 0 saturated carbocycles. The number of pyridine rings is 1. The van der Waals surface area contributed by atoms with E-state index < -0.39 is 0 Å². The first-order valence-corrected chi connectivity index (χ1v) is 5.12. The van der Waals surface area contributed by atoms with E-state index in [1.807, 2.05) is 36.4 Å². The summed E-state index contributed by atoms with van der Waals surface area (Å²) in [6.07, 6.45) is 7.51. The van der Waals surface area contributed by atoms with Crippen molar-refractivity contribution >= 4 is 17.8 Å². The van der Waals surface area contributed by atoms with Gasteiger partial charge >= 0.3 is 0 Å². The Hall–Kier alpha value is -2.58. The predicted molar refractivity (Wildman–Crippen MR) is 68.4 cm³/mol. The van der Waals surface area contributed by atoms with Gasteiger partial charge in [-0.2, -0.15) is 0 Å². The van der Waals surface area contributed by atoms with Gasteiger partial charge in [0.25, 0.3) is 0 Å². The Morgan fingerprint density at radius 3 is 2.12 bits per heavy atom. The molecule has 0 spiro atoms. The molecule has 0 saturated heterocycles. The zero-order chi connectivity index (χ0) is 11.9. The lowest BCUT2D eigenvalue weighted by atomic mass is 10.1. The van der Waals surface area contributed by atoms with Crippen molar-refractivity contribution < 1.29 is 0 Å². The maximum atomic E-state index is 8.28. The molecule has 2 aromatic rings. The second kappa shape index (κ2) is 5.49. The van der Waals surface area contributed by atoms with Gasteiger partial charge < -0.3 is 0 Å². The minimum atomic E-state index is 0.619. The molecule has 0 aliphatic heterocycles. The van der Waals surface area contributed by atoms with E-state index in [0.29, 0.717) is 5.69 Å². The summed E-state index contributed by atoms with van der Waals surface area (Å²) in [5, 5.41) is 3.51. The normalized spacial score (nSPS) is 10.1. The van der Waals surface area contributed by atoms with Crippen LogP contribution in [0.2, 0.25) is 0 Å². The maximum absolute atomic E-state index is 8.28. The summed E-state index contributed by atoms with van der Waals surface area (Å²) in [7, 11) is 0. The molecule has 82 valence electrons. The fourth-order valence-corrected chi connectivity index (χ4v) is 1.37. The van der Waals surface area contributed by atoms with Gasteiger partial charge in [-0.1, -0.05) is 41.5 Å². The molecule has 0 aliphatic rings. The van der Waals surface area contributed by atoms with Crippen LogP contribution in [0.25, 0.3) is 22.6 Å². The molecule has 2 rings (SSSR count). The molecule has 0 unspecified atom stereocenters. The minimum Gasteiger partial charge on any atom is -0.265 e. The van der Waals surface area contributed by atoms with Gasteiger partial charge in [0.15, 0.2) is 0 Å². The van der Waals surface area contributed by atoms with E-state index in [1.54, 1.807) is 24.5 Å². The van der Waals surface area contributed by atoms with E-state index in [1.165, 1.54) is 0 Å². The van der Waals surface area contributed by atoms with E-state index in [2.05, 4.69) is 15.0 Å². The van der Waals surface area contributed by atoms with E-state index in [-0.39, 0.29) is 0 Å². The van der Waals surface area contributed by atoms with Crippen LogP contribution in [0.1, 0.15) is 11.1 Å². The van der Waals surface area contributed by atoms with Crippen molar-refractivity contribution in [2.75, 3.05) is 0 Å². The van der Waals surface area contributed by atoms with Crippen molar-refractivity contribution in [2.45, 2.75) is 0 Å². The lowest BCUT2D eigenvalue weighted by Crippen LogP contribution is -1.73. The van der Waals surface area contributed by atoms with Crippen LogP contribution in [0.5, 0.6) is 0 Å². The third kappa shape index (κ3) is 3.19. The number of hydrogen-bond donors (Lipinski definition) is 0. The van der Waals surface area contributed by atoms with E-state index in [0.717, 1.165) is 11.1 Å². The first-order chi connectivity index (χ1) is 8.38. The maximum Gasteiger partial charge on any atom is 0.0375 e. The third-order valence-corrected chi connectivity index (χ3v) is 2.23. The summed E-state index contributed by atoms with van der Waals surface area (Å²) in [4.78, 5) is 6.68. The molecule has 4 heteroatoms. The zero-order valence-corrected chi connectivity index (χ0v) is 9.06. The summed E-state index contributed by atoms with van der Waals surface area (Å²) in [6.45, 7) is 0. The van der Waals surface area contributed by atoms with Crippen LogP contribution in [-0.2, 0) is 0 Å². The molecule has 1 aromatic carbocycles. The van der Waals surface area contributed by atoms with Gasteiger partial charge in [-0.15, -0.1) is 0 Å². The molecule has 1 aromatic heterocycles. The summed E-state index contributed by atoms with van der Waals surface area (Å²) >= 11 is 0. The molecule has 4 nitrogen and oxygen atoms in total. The third-order valence-electron chi connectivity index (χ3n) is 2.23. The van der Waals surface area contributed by atoms with Crippen LogP contribution >= 0.6 is 0 Å². The second-order valence-corrected chi connectivity index (χ2v) is 3.39. The Morgan fingerprint density at radius 2 is 1.53 bits per heavy atom. The topological polar surface area (TPSA) is 61.7 Å². The Balaban J connectivity index is 2.14. The lowest BCUT2D eigenvalue weighted by molar-refractivity contribution is 1.32. The van der Waals surface area contributed by atoms with Gasteiger partial charge in [0, 0.05) is 23.0 Å². The molecular formula is C13H10N4. The minimum absolute atomic E-state index is 0.619. The van der Waals surface area contributed by atoms with Gasteiger partial charge in [0.05, 0.1) is 0 Å². The molecule has 17 heavy (non-hydrogen) atoms. The summed E-state index contributed by atoms with van der Waals surface area (Å²) in [5.41, 5.74) is 11.0. The van der Waals surface area contributed by atoms with Gasteiger partial charge in [0.1, 0.15) is 0 Å². The largest absolute Gasteiger partial charge is 0.265 e. The number of rotatable bonds is 3. The van der Waals surface area contributed by atoms with Gasteiger partial charge in [0.2, 0.25) is 0 Å². The van der Waals surface area contributed by atoms with Crippen molar-refractivity contribution in [3.05, 3.63) is 70.4 Å². The SMILES string of the molecule is [N-]=[N+]=Nc1ccc(C=Cc2ccncc2)cc1. The van der Waals surface area contributed by atoms with Crippen molar-refractivity contribution in [2.24, 2.45) is 5.11 Å². The second-order valence-electron chi connectivity index (χ2n) is 3.39. The summed E-state index contributed by atoms with van der Waals surface area (Å²) in [5.74, 6) is 0. The van der Waals surface area contributed by atoms with E-state index >= 15 is 0 Å². The molecule has 0 radical (unpaired) electrons. The summed E-state index contributed by atoms with van der Waals surface area (Å²) < 4.78 is 0. The Labute approximate surface area is 98.9 Å². The van der Waals surface area contributed by atoms with Crippen LogP contribution in [0.3, 0.4) is 0 Å². The zero-order valence-electron chi connectivity index (χ0n) is 9.06. The van der Waals surface area contributed by atoms with Crippen molar-refractivity contribution in [1.82, 2.24) is 4.98 Å². The standard InChI is InChI=1S/C13H10N4/c14-17-16-13-5-3-11(4-6-13)1-2-12-7-9-15-10-8-12/h1-10H. The molecule has 0 N–H and O–H groups in total. The van der Waals surface area contributed by atoms with Crippen LogP contribution in [-0.4, -0.2) is 4.98 Å². The first kappa shape index (κ1) is 10.9. The number of azide groups is 1. The average molecular weight is 222 g/mol. The molecule has 1 heterocycles. The van der Waals surface area contributed by atoms with Gasteiger partial charge in [-0.3, -0.25) is 4.98 Å². The monoisotopic (exact) mass is 222 g/mol. The molecule has 0 fully saturated rings. The molecule has 0 atom stereocenters. The average Bonchev–Trinajstić information content (AvgIpc) is 2.40. The van der Waals surface area contributed by atoms with Crippen molar-refractivity contribution in [3.63, 3.8) is 0 Å². The fourth-order valence-electron chi connectivity index (χ4n) is 1.37. The highest BCUT2D eigenvalue weighted by Crippen LogP contribution is 2.14. The highest BCUT2D eigenvalue weighted by molar-refractivity contribution is 5.69. The Bertz CT molecular complexity index is 552. The number of benzene rings is 1. The quantitative estimate of drug-likeness (QED) is 0.436. The lowest BCUT2D eigenvalue weighted by Gasteiger charge is -1.95. The highest BCUT2D eigenvalue weighted by Gasteiger charge is 1.89. The van der Waals surface area contributed by atoms with Crippen LogP contribution in [0, 0.1) is 0 Å². The highest BCUT2D eigenvalue weighted by atomic mass is 15.1.